The zero-order valence-electron chi connectivity index (χ0n) is 20.7. The van der Waals surface area contributed by atoms with Crippen LogP contribution in [0.15, 0.2) is 0 Å². The Morgan fingerprint density at radius 2 is 1.03 bits per heavy atom. The average molecular weight is 469 g/mol. The van der Waals surface area contributed by atoms with Gasteiger partial charge >= 0.3 is 0 Å². The Hall–Kier alpha value is 0.564. The molecule has 0 radical (unpaired) electrons. The molecular weight excluding hydrogens is 420 g/mol. The van der Waals surface area contributed by atoms with Crippen molar-refractivity contribution in [1.82, 2.24) is 0 Å². The number of rotatable bonds is 2. The van der Waals surface area contributed by atoms with Crippen LogP contribution in [0.1, 0.15) is 80.1 Å². The summed E-state index contributed by atoms with van der Waals surface area (Å²) in [4.78, 5) is 0. The molecule has 29 heavy (non-hydrogen) atoms. The molecular formula is C22H49ClO4Si2. The van der Waals surface area contributed by atoms with Crippen molar-refractivity contribution in [2.24, 2.45) is 0 Å². The summed E-state index contributed by atoms with van der Waals surface area (Å²) in [5.74, 6) is 0. The lowest BCUT2D eigenvalue weighted by atomic mass is 10.2. The average Bonchev–Trinajstić information content (AvgIpc) is 3.04. The molecule has 3 N–H and O–H groups in total. The summed E-state index contributed by atoms with van der Waals surface area (Å²) in [6.07, 6.45) is 4.67. The fraction of sp³-hybridized carbons (Fsp3) is 1.00. The van der Waals surface area contributed by atoms with E-state index in [1.807, 2.05) is 0 Å². The van der Waals surface area contributed by atoms with Gasteiger partial charge in [0.25, 0.3) is 0 Å². The minimum Gasteiger partial charge on any atom is -0.414 e. The third-order valence-corrected chi connectivity index (χ3v) is 16.6. The normalized spacial score (nSPS) is 28.3. The summed E-state index contributed by atoms with van der Waals surface area (Å²) >= 11 is 6.15. The topological polar surface area (TPSA) is 69.9 Å². The monoisotopic (exact) mass is 468 g/mol. The second kappa shape index (κ2) is 11.4. The Kier molecular flexibility index (Phi) is 11.7. The molecule has 2 fully saturated rings. The molecule has 0 aliphatic heterocycles. The number of halogens is 1. The predicted molar refractivity (Wildman–Crippen MR) is 131 cm³/mol. The summed E-state index contributed by atoms with van der Waals surface area (Å²) < 4.78 is 6.21. The van der Waals surface area contributed by atoms with Crippen molar-refractivity contribution in [2.45, 2.75) is 141 Å². The molecule has 2 aliphatic carbocycles. The third-order valence-electron chi connectivity index (χ3n) is 6.79. The molecule has 2 saturated carbocycles. The molecule has 0 aromatic carbocycles. The minimum atomic E-state index is -1.61. The van der Waals surface area contributed by atoms with Gasteiger partial charge in [0, 0.05) is 6.10 Å². The van der Waals surface area contributed by atoms with Crippen LogP contribution in [0.4, 0.5) is 0 Å². The van der Waals surface area contributed by atoms with E-state index in [-0.39, 0.29) is 23.4 Å². The minimum absolute atomic E-state index is 0.121. The van der Waals surface area contributed by atoms with Crippen LogP contribution in [0, 0.1) is 0 Å². The fourth-order valence-corrected chi connectivity index (χ4v) is 3.95. The number of hydrogen-bond donors (Lipinski definition) is 3. The highest BCUT2D eigenvalue weighted by molar-refractivity contribution is 7.20. The van der Waals surface area contributed by atoms with Crippen LogP contribution >= 0.6 is 11.1 Å². The summed E-state index contributed by atoms with van der Waals surface area (Å²) in [5.41, 5.74) is 0. The van der Waals surface area contributed by atoms with Gasteiger partial charge in [-0.3, -0.25) is 0 Å². The molecule has 2 aliphatic rings. The maximum Gasteiger partial charge on any atom is 0.192 e. The molecule has 0 amide bonds. The maximum absolute atomic E-state index is 9.43. The van der Waals surface area contributed by atoms with Crippen LogP contribution in [-0.4, -0.2) is 55.4 Å². The van der Waals surface area contributed by atoms with Gasteiger partial charge in [-0.15, -0.1) is 0 Å². The molecule has 0 spiro atoms. The van der Waals surface area contributed by atoms with Crippen LogP contribution in [0.3, 0.4) is 0 Å². The summed E-state index contributed by atoms with van der Waals surface area (Å²) in [6, 6.07) is 0. The van der Waals surface area contributed by atoms with Crippen molar-refractivity contribution in [3.63, 3.8) is 0 Å². The van der Waals surface area contributed by atoms with Crippen LogP contribution in [-0.2, 0) is 4.43 Å². The van der Waals surface area contributed by atoms with Gasteiger partial charge in [-0.05, 0) is 61.7 Å². The van der Waals surface area contributed by atoms with Gasteiger partial charge in [0.15, 0.2) is 15.7 Å². The Morgan fingerprint density at radius 1 is 0.690 bits per heavy atom. The number of hydrogen-bond acceptors (Lipinski definition) is 4. The Balaban J connectivity index is 0.000000444. The van der Waals surface area contributed by atoms with E-state index in [0.29, 0.717) is 17.6 Å². The molecule has 7 heteroatoms. The molecule has 4 atom stereocenters. The third kappa shape index (κ3) is 11.7. The van der Waals surface area contributed by atoms with Gasteiger partial charge in [-0.1, -0.05) is 54.6 Å². The zero-order chi connectivity index (χ0) is 23.3. The van der Waals surface area contributed by atoms with E-state index in [1.54, 1.807) is 0 Å². The molecule has 0 saturated heterocycles. The smallest absolute Gasteiger partial charge is 0.192 e. The largest absolute Gasteiger partial charge is 0.414 e. The standard InChI is InChI=1S/C11H24O2Si.C6H15ClSi.C5H10O2/c1-11(2,3)14(4,5)13-10-7-6-9(12)8-10;1-6(2,3)8(4,5)7;6-4-1-2-5(7)3-4/h9-10,12H,6-8H2,1-5H3;1-5H3;4-7H,1-3H2. The summed E-state index contributed by atoms with van der Waals surface area (Å²) in [5, 5.41) is 27.5. The Labute approximate surface area is 187 Å². The van der Waals surface area contributed by atoms with Gasteiger partial charge in [-0.25, -0.2) is 0 Å². The molecule has 176 valence electrons. The van der Waals surface area contributed by atoms with Crippen LogP contribution in [0.5, 0.6) is 0 Å². The number of aliphatic hydroxyl groups is 3. The van der Waals surface area contributed by atoms with Crippen molar-refractivity contribution in [3.8, 4) is 0 Å². The number of aliphatic hydroxyl groups excluding tert-OH is 3. The Morgan fingerprint density at radius 3 is 1.24 bits per heavy atom. The fourth-order valence-electron chi connectivity index (χ4n) is 2.55. The first-order chi connectivity index (χ1) is 12.8. The lowest BCUT2D eigenvalue weighted by Crippen LogP contribution is -2.43. The molecule has 0 bridgehead atoms. The predicted octanol–water partition coefficient (Wildman–Crippen LogP) is 6.04. The second-order valence-electron chi connectivity index (χ2n) is 11.8. The van der Waals surface area contributed by atoms with Gasteiger partial charge < -0.3 is 19.7 Å². The van der Waals surface area contributed by atoms with Crippen molar-refractivity contribution >= 4 is 26.8 Å². The Bertz CT molecular complexity index is 447. The SMILES string of the molecule is CC(C)(C)[Si](C)(C)Cl.CC(C)(C)[Si](C)(C)OC1CCC(O)C1.OC1CCC(O)C1. The van der Waals surface area contributed by atoms with E-state index < -0.39 is 15.7 Å². The van der Waals surface area contributed by atoms with Crippen molar-refractivity contribution in [2.75, 3.05) is 0 Å². The zero-order valence-corrected chi connectivity index (χ0v) is 23.4. The first-order valence-electron chi connectivity index (χ1n) is 11.2. The quantitative estimate of drug-likeness (QED) is 0.341. The second-order valence-corrected chi connectivity index (χ2v) is 23.8. The molecule has 2 rings (SSSR count). The molecule has 0 aromatic rings. The molecule has 0 heterocycles. The van der Waals surface area contributed by atoms with E-state index in [0.717, 1.165) is 32.1 Å². The molecule has 4 nitrogen and oxygen atoms in total. The van der Waals surface area contributed by atoms with Crippen LogP contribution in [0.25, 0.3) is 0 Å². The summed E-state index contributed by atoms with van der Waals surface area (Å²) in [7, 11) is -3.00. The van der Waals surface area contributed by atoms with Gasteiger partial charge in [0.05, 0.1) is 18.3 Å². The highest BCUT2D eigenvalue weighted by Crippen LogP contribution is 2.39. The van der Waals surface area contributed by atoms with Crippen molar-refractivity contribution < 1.29 is 19.7 Å². The van der Waals surface area contributed by atoms with Gasteiger partial charge in [0.1, 0.15) is 0 Å². The van der Waals surface area contributed by atoms with Crippen molar-refractivity contribution in [3.05, 3.63) is 0 Å². The van der Waals surface area contributed by atoms with Crippen LogP contribution < -0.4 is 0 Å². The molecule has 4 unspecified atom stereocenters. The lowest BCUT2D eigenvalue weighted by Gasteiger charge is -2.38. The van der Waals surface area contributed by atoms with E-state index in [2.05, 4.69) is 67.7 Å². The van der Waals surface area contributed by atoms with Gasteiger partial charge in [0.2, 0.25) is 0 Å². The highest BCUT2D eigenvalue weighted by Gasteiger charge is 2.40. The van der Waals surface area contributed by atoms with Crippen molar-refractivity contribution in [1.29, 1.82) is 0 Å². The van der Waals surface area contributed by atoms with E-state index in [4.69, 9.17) is 25.7 Å². The highest BCUT2D eigenvalue weighted by atomic mass is 35.6. The van der Waals surface area contributed by atoms with Gasteiger partial charge in [-0.2, -0.15) is 11.1 Å². The first kappa shape index (κ1) is 29.6. The van der Waals surface area contributed by atoms with E-state index >= 15 is 0 Å². The first-order valence-corrected chi connectivity index (χ1v) is 18.1. The maximum atomic E-state index is 9.43. The van der Waals surface area contributed by atoms with E-state index in [9.17, 15) is 5.11 Å². The summed E-state index contributed by atoms with van der Waals surface area (Å²) in [6.45, 7) is 22.3. The lowest BCUT2D eigenvalue weighted by molar-refractivity contribution is 0.137. The molecule has 0 aromatic heterocycles. The van der Waals surface area contributed by atoms with E-state index in [1.165, 1.54) is 0 Å². The van der Waals surface area contributed by atoms with Crippen LogP contribution in [0.2, 0.25) is 36.3 Å².